The van der Waals surface area contributed by atoms with Crippen molar-refractivity contribution >= 4 is 33.9 Å². The number of halogens is 1. The largest absolute Gasteiger partial charge is 0.465 e. The van der Waals surface area contributed by atoms with E-state index in [1.54, 1.807) is 0 Å². The Morgan fingerprint density at radius 2 is 2.19 bits per heavy atom. The van der Waals surface area contributed by atoms with Gasteiger partial charge in [-0.3, -0.25) is 4.79 Å². The summed E-state index contributed by atoms with van der Waals surface area (Å²) in [5.41, 5.74) is 1.10. The maximum atomic E-state index is 11.2. The Morgan fingerprint density at radius 3 is 2.81 bits per heavy atom. The number of ether oxygens (including phenoxy) is 1. The molecule has 2 aromatic rings. The van der Waals surface area contributed by atoms with Gasteiger partial charge in [-0.25, -0.2) is 9.78 Å². The van der Waals surface area contributed by atoms with Crippen LogP contribution in [-0.4, -0.2) is 23.3 Å². The molecule has 0 spiro atoms. The minimum absolute atomic E-state index is 0.196. The van der Waals surface area contributed by atoms with Crippen molar-refractivity contribution < 1.29 is 18.7 Å². The van der Waals surface area contributed by atoms with Gasteiger partial charge in [0, 0.05) is 0 Å². The highest BCUT2D eigenvalue weighted by Gasteiger charge is 2.13. The second-order valence-corrected chi connectivity index (χ2v) is 3.31. The number of aromatic nitrogens is 1. The summed E-state index contributed by atoms with van der Waals surface area (Å²) < 4.78 is 9.60. The number of rotatable bonds is 2. The van der Waals surface area contributed by atoms with Crippen LogP contribution >= 0.6 is 11.6 Å². The van der Waals surface area contributed by atoms with Crippen LogP contribution in [0.25, 0.3) is 11.1 Å². The van der Waals surface area contributed by atoms with Gasteiger partial charge >= 0.3 is 11.2 Å². The van der Waals surface area contributed by atoms with Gasteiger partial charge in [0.1, 0.15) is 5.52 Å². The average molecular weight is 240 g/mol. The molecule has 0 saturated heterocycles. The van der Waals surface area contributed by atoms with Crippen molar-refractivity contribution in [3.8, 4) is 0 Å². The summed E-state index contributed by atoms with van der Waals surface area (Å²) in [4.78, 5) is 25.9. The molecule has 5 nitrogen and oxygen atoms in total. The second kappa shape index (κ2) is 3.94. The third-order valence-electron chi connectivity index (χ3n) is 1.98. The fourth-order valence-electron chi connectivity index (χ4n) is 1.26. The Hall–Kier alpha value is -1.88. The summed E-state index contributed by atoms with van der Waals surface area (Å²) in [6.07, 6.45) is 0. The van der Waals surface area contributed by atoms with Gasteiger partial charge < -0.3 is 9.15 Å². The summed E-state index contributed by atoms with van der Waals surface area (Å²) in [7, 11) is 1.28. The Balaban J connectivity index is 2.53. The maximum Gasteiger partial charge on any atom is 0.337 e. The molecule has 16 heavy (non-hydrogen) atoms. The van der Waals surface area contributed by atoms with E-state index in [1.165, 1.54) is 25.3 Å². The molecule has 0 atom stereocenters. The van der Waals surface area contributed by atoms with E-state index in [0.29, 0.717) is 16.7 Å². The molecule has 82 valence electrons. The van der Waals surface area contributed by atoms with Gasteiger partial charge in [0.15, 0.2) is 5.58 Å². The summed E-state index contributed by atoms with van der Waals surface area (Å²) in [6.45, 7) is 0. The SMILES string of the molecule is COC(=O)c1ccc2oc(C(=O)Cl)nc2c1. The van der Waals surface area contributed by atoms with E-state index >= 15 is 0 Å². The lowest BCUT2D eigenvalue weighted by Crippen LogP contribution is -2.00. The van der Waals surface area contributed by atoms with E-state index in [4.69, 9.17) is 16.0 Å². The highest BCUT2D eigenvalue weighted by molar-refractivity contribution is 6.67. The van der Waals surface area contributed by atoms with Crippen LogP contribution in [0.4, 0.5) is 0 Å². The highest BCUT2D eigenvalue weighted by atomic mass is 35.5. The van der Waals surface area contributed by atoms with Gasteiger partial charge in [-0.2, -0.15) is 0 Å². The van der Waals surface area contributed by atoms with Crippen LogP contribution in [0.3, 0.4) is 0 Å². The molecular formula is C10H6ClNO4. The Labute approximate surface area is 95.0 Å². The fraction of sp³-hybridized carbons (Fsp3) is 0.100. The third-order valence-corrected chi connectivity index (χ3v) is 2.14. The maximum absolute atomic E-state index is 11.2. The molecule has 1 aromatic carbocycles. The molecule has 1 heterocycles. The van der Waals surface area contributed by atoms with Crippen molar-refractivity contribution in [3.63, 3.8) is 0 Å². The molecule has 0 radical (unpaired) electrons. The number of carbonyl (C=O) groups is 2. The lowest BCUT2D eigenvalue weighted by Gasteiger charge is -1.96. The molecule has 6 heteroatoms. The van der Waals surface area contributed by atoms with E-state index in [-0.39, 0.29) is 5.89 Å². The predicted molar refractivity (Wildman–Crippen MR) is 55.5 cm³/mol. The van der Waals surface area contributed by atoms with Crippen molar-refractivity contribution in [2.75, 3.05) is 7.11 Å². The molecule has 0 amide bonds. The Kier molecular flexibility index (Phi) is 2.62. The summed E-state index contributed by atoms with van der Waals surface area (Å²) in [6, 6.07) is 4.51. The van der Waals surface area contributed by atoms with Crippen molar-refractivity contribution in [1.29, 1.82) is 0 Å². The monoisotopic (exact) mass is 239 g/mol. The van der Waals surface area contributed by atoms with Crippen molar-refractivity contribution in [1.82, 2.24) is 4.98 Å². The number of hydrogen-bond acceptors (Lipinski definition) is 5. The predicted octanol–water partition coefficient (Wildman–Crippen LogP) is 1.99. The number of nitrogens with zero attached hydrogens (tertiary/aromatic N) is 1. The van der Waals surface area contributed by atoms with Crippen LogP contribution in [0.15, 0.2) is 22.6 Å². The van der Waals surface area contributed by atoms with Crippen LogP contribution in [0, 0.1) is 0 Å². The van der Waals surface area contributed by atoms with E-state index < -0.39 is 11.2 Å². The van der Waals surface area contributed by atoms with Crippen LogP contribution in [0.2, 0.25) is 0 Å². The first kappa shape index (κ1) is 10.6. The lowest BCUT2D eigenvalue weighted by molar-refractivity contribution is 0.0601. The summed E-state index contributed by atoms with van der Waals surface area (Å²) in [5.74, 6) is -0.678. The fourth-order valence-corrected chi connectivity index (χ4v) is 1.34. The minimum Gasteiger partial charge on any atom is -0.465 e. The van der Waals surface area contributed by atoms with E-state index in [2.05, 4.69) is 9.72 Å². The minimum atomic E-state index is -0.782. The quantitative estimate of drug-likeness (QED) is 0.592. The molecule has 0 aliphatic heterocycles. The molecule has 0 bridgehead atoms. The van der Waals surface area contributed by atoms with Crippen molar-refractivity contribution in [2.45, 2.75) is 0 Å². The molecule has 0 unspecified atom stereocenters. The zero-order valence-corrected chi connectivity index (χ0v) is 8.95. The Morgan fingerprint density at radius 1 is 1.44 bits per heavy atom. The zero-order valence-electron chi connectivity index (χ0n) is 8.19. The van der Waals surface area contributed by atoms with E-state index in [0.717, 1.165) is 0 Å². The topological polar surface area (TPSA) is 69.4 Å². The number of carbonyl (C=O) groups excluding carboxylic acids is 2. The van der Waals surface area contributed by atoms with Gasteiger partial charge in [0.05, 0.1) is 12.7 Å². The number of benzene rings is 1. The van der Waals surface area contributed by atoms with Crippen molar-refractivity contribution in [3.05, 3.63) is 29.7 Å². The number of esters is 1. The molecule has 1 aromatic heterocycles. The van der Waals surface area contributed by atoms with Crippen molar-refractivity contribution in [2.24, 2.45) is 0 Å². The third kappa shape index (κ3) is 1.77. The number of hydrogen-bond donors (Lipinski definition) is 0. The average Bonchev–Trinajstić information content (AvgIpc) is 2.70. The molecule has 0 N–H and O–H groups in total. The first-order valence-electron chi connectivity index (χ1n) is 4.30. The zero-order chi connectivity index (χ0) is 11.7. The molecule has 0 aliphatic rings. The molecule has 0 fully saturated rings. The molecular weight excluding hydrogens is 234 g/mol. The van der Waals surface area contributed by atoms with Crippen LogP contribution < -0.4 is 0 Å². The number of methoxy groups -OCH3 is 1. The lowest BCUT2D eigenvalue weighted by atomic mass is 10.2. The highest BCUT2D eigenvalue weighted by Crippen LogP contribution is 2.18. The first-order valence-corrected chi connectivity index (χ1v) is 4.68. The van der Waals surface area contributed by atoms with Gasteiger partial charge in [-0.15, -0.1) is 0 Å². The molecule has 2 rings (SSSR count). The standard InChI is InChI=1S/C10H6ClNO4/c1-15-10(14)5-2-3-7-6(4-5)12-9(16-7)8(11)13/h2-4H,1H3. The van der Waals surface area contributed by atoms with Gasteiger partial charge in [0.2, 0.25) is 0 Å². The molecule has 0 aliphatic carbocycles. The van der Waals surface area contributed by atoms with E-state index in [9.17, 15) is 9.59 Å². The van der Waals surface area contributed by atoms with Crippen LogP contribution in [0.1, 0.15) is 21.0 Å². The first-order chi connectivity index (χ1) is 7.61. The number of oxazole rings is 1. The van der Waals surface area contributed by atoms with Gasteiger partial charge in [0.25, 0.3) is 5.89 Å². The van der Waals surface area contributed by atoms with Gasteiger partial charge in [-0.05, 0) is 29.8 Å². The Bertz CT molecular complexity index is 575. The second-order valence-electron chi connectivity index (χ2n) is 2.97. The van der Waals surface area contributed by atoms with Gasteiger partial charge in [-0.1, -0.05) is 0 Å². The van der Waals surface area contributed by atoms with E-state index in [1.807, 2.05) is 0 Å². The normalized spacial score (nSPS) is 10.4. The van der Waals surface area contributed by atoms with Crippen LogP contribution in [0.5, 0.6) is 0 Å². The smallest absolute Gasteiger partial charge is 0.337 e. The molecule has 0 saturated carbocycles. The number of fused-ring (bicyclic) bond motifs is 1. The van der Waals surface area contributed by atoms with Crippen LogP contribution in [-0.2, 0) is 4.74 Å². The summed E-state index contributed by atoms with van der Waals surface area (Å²) in [5, 5.41) is -0.782. The summed E-state index contributed by atoms with van der Waals surface area (Å²) >= 11 is 5.22.